The van der Waals surface area contributed by atoms with Crippen LogP contribution in [0.3, 0.4) is 0 Å². The van der Waals surface area contributed by atoms with Crippen LogP contribution in [0.1, 0.15) is 24.2 Å². The lowest BCUT2D eigenvalue weighted by molar-refractivity contribution is -0.207. The third-order valence-electron chi connectivity index (χ3n) is 3.33. The summed E-state index contributed by atoms with van der Waals surface area (Å²) in [6.07, 6.45) is -2.32. The van der Waals surface area contributed by atoms with Crippen LogP contribution >= 0.6 is 0 Å². The molecule has 3 atom stereocenters. The van der Waals surface area contributed by atoms with Crippen LogP contribution in [0.25, 0.3) is 0 Å². The predicted molar refractivity (Wildman–Crippen MR) is 70.4 cm³/mol. The van der Waals surface area contributed by atoms with Gasteiger partial charge in [0.15, 0.2) is 30.1 Å². The lowest BCUT2D eigenvalue weighted by atomic mass is 10.2. The monoisotopic (exact) mass is 292 g/mol. The molecule has 2 aliphatic heterocycles. The van der Waals surface area contributed by atoms with E-state index in [1.165, 1.54) is 0 Å². The highest BCUT2D eigenvalue weighted by Gasteiger charge is 2.54. The Balaban J connectivity index is 1.56. The smallest absolute Gasteiger partial charge is 0.338 e. The van der Waals surface area contributed by atoms with Crippen molar-refractivity contribution in [2.24, 2.45) is 0 Å². The zero-order chi connectivity index (χ0) is 15.0. The fraction of sp³-hybridized carbons (Fsp3) is 0.467. The summed E-state index contributed by atoms with van der Waals surface area (Å²) in [4.78, 5) is 23.9. The number of Topliss-reactive ketones (excluding diaryl/α,β-unsaturated/α-hetero) is 1. The van der Waals surface area contributed by atoms with E-state index in [1.807, 2.05) is 0 Å². The van der Waals surface area contributed by atoms with Crippen LogP contribution in [-0.2, 0) is 23.7 Å². The van der Waals surface area contributed by atoms with Crippen LogP contribution < -0.4 is 0 Å². The van der Waals surface area contributed by atoms with Gasteiger partial charge in [-0.25, -0.2) is 4.79 Å². The van der Waals surface area contributed by atoms with Crippen molar-refractivity contribution < 1.29 is 28.5 Å². The number of hydrogen-bond acceptors (Lipinski definition) is 6. The number of rotatable bonds is 3. The zero-order valence-corrected chi connectivity index (χ0v) is 11.8. The first-order valence-electron chi connectivity index (χ1n) is 6.73. The first-order valence-corrected chi connectivity index (χ1v) is 6.73. The van der Waals surface area contributed by atoms with Crippen LogP contribution in [-0.4, -0.2) is 42.6 Å². The van der Waals surface area contributed by atoms with E-state index in [-0.39, 0.29) is 12.4 Å². The molecule has 1 aromatic rings. The minimum Gasteiger partial charge on any atom is -0.459 e. The second kappa shape index (κ2) is 5.22. The normalized spacial score (nSPS) is 30.2. The van der Waals surface area contributed by atoms with Crippen molar-refractivity contribution in [1.82, 2.24) is 0 Å². The molecule has 0 spiro atoms. The fourth-order valence-electron chi connectivity index (χ4n) is 2.36. The molecule has 112 valence electrons. The van der Waals surface area contributed by atoms with Gasteiger partial charge in [-0.3, -0.25) is 4.79 Å². The van der Waals surface area contributed by atoms with E-state index < -0.39 is 30.3 Å². The summed E-state index contributed by atoms with van der Waals surface area (Å²) in [5.41, 5.74) is 0.428. The number of carbonyl (C=O) groups is 2. The number of fused-ring (bicyclic) bond motifs is 1. The molecule has 0 bridgehead atoms. The Kier molecular flexibility index (Phi) is 3.52. The molecule has 6 heteroatoms. The van der Waals surface area contributed by atoms with Gasteiger partial charge in [-0.15, -0.1) is 0 Å². The maximum atomic E-state index is 12.1. The average molecular weight is 292 g/mol. The molecule has 6 nitrogen and oxygen atoms in total. The Morgan fingerprint density at radius 1 is 1.24 bits per heavy atom. The lowest BCUT2D eigenvalue weighted by Crippen LogP contribution is -2.33. The van der Waals surface area contributed by atoms with Crippen molar-refractivity contribution in [1.29, 1.82) is 0 Å². The summed E-state index contributed by atoms with van der Waals surface area (Å²) in [6, 6.07) is 8.56. The van der Waals surface area contributed by atoms with Crippen molar-refractivity contribution in [3.05, 3.63) is 35.9 Å². The van der Waals surface area contributed by atoms with Gasteiger partial charge in [0, 0.05) is 0 Å². The van der Waals surface area contributed by atoms with Gasteiger partial charge >= 0.3 is 5.97 Å². The zero-order valence-electron chi connectivity index (χ0n) is 11.8. The van der Waals surface area contributed by atoms with Gasteiger partial charge in [0.1, 0.15) is 6.61 Å². The molecule has 1 aromatic carbocycles. The van der Waals surface area contributed by atoms with Crippen molar-refractivity contribution in [2.45, 2.75) is 38.1 Å². The summed E-state index contributed by atoms with van der Waals surface area (Å²) in [5, 5.41) is 0. The van der Waals surface area contributed by atoms with E-state index in [2.05, 4.69) is 0 Å². The van der Waals surface area contributed by atoms with Gasteiger partial charge in [0.2, 0.25) is 0 Å². The molecule has 3 rings (SSSR count). The van der Waals surface area contributed by atoms with Gasteiger partial charge in [-0.1, -0.05) is 18.2 Å². The third-order valence-corrected chi connectivity index (χ3v) is 3.33. The van der Waals surface area contributed by atoms with Gasteiger partial charge in [-0.2, -0.15) is 0 Å². The molecule has 0 amide bonds. The molecule has 0 aliphatic carbocycles. The second-order valence-corrected chi connectivity index (χ2v) is 5.42. The molecule has 21 heavy (non-hydrogen) atoms. The number of hydrogen-bond donors (Lipinski definition) is 0. The summed E-state index contributed by atoms with van der Waals surface area (Å²) >= 11 is 0. The molecule has 0 aromatic heterocycles. The highest BCUT2D eigenvalue weighted by Crippen LogP contribution is 2.35. The minimum absolute atomic E-state index is 0.146. The molecule has 2 saturated heterocycles. The fourth-order valence-corrected chi connectivity index (χ4v) is 2.36. The van der Waals surface area contributed by atoms with Crippen LogP contribution in [0.4, 0.5) is 0 Å². The summed E-state index contributed by atoms with van der Waals surface area (Å²) in [6.45, 7) is 3.28. The van der Waals surface area contributed by atoms with E-state index in [4.69, 9.17) is 18.9 Å². The molecule has 0 radical (unpaired) electrons. The Morgan fingerprint density at radius 2 is 1.95 bits per heavy atom. The first kappa shape index (κ1) is 14.2. The lowest BCUT2D eigenvalue weighted by Gasteiger charge is -2.19. The quantitative estimate of drug-likeness (QED) is 0.782. The number of esters is 1. The van der Waals surface area contributed by atoms with Crippen molar-refractivity contribution in [2.75, 3.05) is 6.61 Å². The highest BCUT2D eigenvalue weighted by atomic mass is 16.8. The summed E-state index contributed by atoms with van der Waals surface area (Å²) in [5.74, 6) is -1.59. The third kappa shape index (κ3) is 2.83. The maximum absolute atomic E-state index is 12.1. The van der Waals surface area contributed by atoms with E-state index >= 15 is 0 Å². The molecule has 2 aliphatic rings. The SMILES string of the molecule is CC1(C)OC2C(=O)C(COC(=O)c3ccccc3)O[C@@H]2O1. The predicted octanol–water partition coefficient (Wildman–Crippen LogP) is 1.29. The Labute approximate surface area is 121 Å². The summed E-state index contributed by atoms with van der Waals surface area (Å²) in [7, 11) is 0. The van der Waals surface area contributed by atoms with E-state index in [0.717, 1.165) is 0 Å². The number of ether oxygens (including phenoxy) is 4. The molecule has 0 N–H and O–H groups in total. The van der Waals surface area contributed by atoms with E-state index in [9.17, 15) is 9.59 Å². The van der Waals surface area contributed by atoms with E-state index in [0.29, 0.717) is 5.56 Å². The molecule has 0 saturated carbocycles. The molecule has 2 heterocycles. The Bertz CT molecular complexity index is 553. The van der Waals surface area contributed by atoms with Crippen molar-refractivity contribution in [3.8, 4) is 0 Å². The molecule has 2 unspecified atom stereocenters. The molecule has 2 fully saturated rings. The van der Waals surface area contributed by atoms with E-state index in [1.54, 1.807) is 44.2 Å². The van der Waals surface area contributed by atoms with Crippen molar-refractivity contribution in [3.63, 3.8) is 0 Å². The highest BCUT2D eigenvalue weighted by molar-refractivity contribution is 5.92. The van der Waals surface area contributed by atoms with Crippen molar-refractivity contribution >= 4 is 11.8 Å². The Hall–Kier alpha value is -1.76. The second-order valence-electron chi connectivity index (χ2n) is 5.42. The van der Waals surface area contributed by atoms with Crippen LogP contribution in [0.5, 0.6) is 0 Å². The van der Waals surface area contributed by atoms with Crippen LogP contribution in [0, 0.1) is 0 Å². The number of carbonyl (C=O) groups excluding carboxylic acids is 2. The molecular weight excluding hydrogens is 276 g/mol. The Morgan fingerprint density at radius 3 is 2.62 bits per heavy atom. The topological polar surface area (TPSA) is 71.1 Å². The van der Waals surface area contributed by atoms with Gasteiger partial charge in [-0.05, 0) is 26.0 Å². The summed E-state index contributed by atoms with van der Waals surface area (Å²) < 4.78 is 21.5. The van der Waals surface area contributed by atoms with Gasteiger partial charge in [0.25, 0.3) is 0 Å². The minimum atomic E-state index is -0.844. The molecular formula is C15H16O6. The maximum Gasteiger partial charge on any atom is 0.338 e. The van der Waals surface area contributed by atoms with Gasteiger partial charge < -0.3 is 18.9 Å². The first-order chi connectivity index (χ1) is 9.96. The van der Waals surface area contributed by atoms with Gasteiger partial charge in [0.05, 0.1) is 5.56 Å². The average Bonchev–Trinajstić information content (AvgIpc) is 2.91. The largest absolute Gasteiger partial charge is 0.459 e. The van der Waals surface area contributed by atoms with Crippen LogP contribution in [0.2, 0.25) is 0 Å². The van der Waals surface area contributed by atoms with Crippen LogP contribution in [0.15, 0.2) is 30.3 Å². The number of ketones is 1. The standard InChI is InChI=1S/C15H16O6/c1-15(2)20-12-11(16)10(19-14(12)21-15)8-18-13(17)9-6-4-3-5-7-9/h3-7,10,12,14H,8H2,1-2H3/t10?,12?,14-/m1/s1. The number of benzene rings is 1.